The SMILES string of the molecule is COc1ccnc(-c2ccc(C)cc2C(=O)N2CCC[C@@H](C)C2CNc2ccc(C(F)(F)F)cn2)n1. The molecule has 36 heavy (non-hydrogen) atoms. The van der Waals surface area contributed by atoms with Crippen molar-refractivity contribution in [1.82, 2.24) is 19.9 Å². The van der Waals surface area contributed by atoms with Crippen molar-refractivity contribution >= 4 is 11.7 Å². The van der Waals surface area contributed by atoms with E-state index in [-0.39, 0.29) is 17.9 Å². The Kier molecular flexibility index (Phi) is 7.42. The van der Waals surface area contributed by atoms with Gasteiger partial charge in [-0.25, -0.2) is 9.97 Å². The number of anilines is 1. The van der Waals surface area contributed by atoms with Crippen molar-refractivity contribution in [1.29, 1.82) is 0 Å². The third-order valence-corrected chi connectivity index (χ3v) is 6.45. The summed E-state index contributed by atoms with van der Waals surface area (Å²) in [7, 11) is 1.52. The van der Waals surface area contributed by atoms with Crippen LogP contribution in [0.25, 0.3) is 11.4 Å². The van der Waals surface area contributed by atoms with Crippen LogP contribution in [-0.2, 0) is 6.18 Å². The maximum atomic E-state index is 13.9. The van der Waals surface area contributed by atoms with Crippen LogP contribution in [0.1, 0.15) is 41.3 Å². The monoisotopic (exact) mass is 499 g/mol. The number of ether oxygens (including phenoxy) is 1. The molecule has 1 aliphatic heterocycles. The van der Waals surface area contributed by atoms with Crippen molar-refractivity contribution < 1.29 is 22.7 Å². The summed E-state index contributed by atoms with van der Waals surface area (Å²) in [5.74, 6) is 1.17. The summed E-state index contributed by atoms with van der Waals surface area (Å²) < 4.78 is 43.8. The van der Waals surface area contributed by atoms with Gasteiger partial charge in [0.25, 0.3) is 5.91 Å². The molecular formula is C26H28F3N5O2. The van der Waals surface area contributed by atoms with E-state index < -0.39 is 11.7 Å². The van der Waals surface area contributed by atoms with E-state index in [2.05, 4.69) is 27.2 Å². The molecule has 1 N–H and O–H groups in total. The second-order valence-electron chi connectivity index (χ2n) is 8.97. The maximum Gasteiger partial charge on any atom is 0.417 e. The smallest absolute Gasteiger partial charge is 0.417 e. The molecular weight excluding hydrogens is 471 g/mol. The number of methoxy groups -OCH3 is 1. The molecule has 3 aromatic rings. The number of carbonyl (C=O) groups is 1. The Bertz CT molecular complexity index is 1220. The number of aromatic nitrogens is 3. The molecule has 3 heterocycles. The van der Waals surface area contributed by atoms with Crippen LogP contribution < -0.4 is 10.1 Å². The van der Waals surface area contributed by atoms with E-state index in [1.807, 2.05) is 30.0 Å². The van der Waals surface area contributed by atoms with Gasteiger partial charge in [0.15, 0.2) is 5.82 Å². The van der Waals surface area contributed by atoms with E-state index >= 15 is 0 Å². The largest absolute Gasteiger partial charge is 0.481 e. The van der Waals surface area contributed by atoms with E-state index in [0.717, 1.165) is 30.7 Å². The molecule has 0 saturated carbocycles. The van der Waals surface area contributed by atoms with Crippen molar-refractivity contribution in [2.75, 3.05) is 25.5 Å². The fraction of sp³-hybridized carbons (Fsp3) is 0.385. The predicted molar refractivity (Wildman–Crippen MR) is 130 cm³/mol. The van der Waals surface area contributed by atoms with Crippen LogP contribution in [0.15, 0.2) is 48.8 Å². The molecule has 0 bridgehead atoms. The van der Waals surface area contributed by atoms with Gasteiger partial charge in [-0.15, -0.1) is 0 Å². The zero-order valence-electron chi connectivity index (χ0n) is 20.3. The first kappa shape index (κ1) is 25.4. The minimum atomic E-state index is -4.44. The number of nitrogens with zero attached hydrogens (tertiary/aromatic N) is 4. The van der Waals surface area contributed by atoms with Crippen molar-refractivity contribution in [2.45, 2.75) is 38.9 Å². The molecule has 1 unspecified atom stereocenters. The van der Waals surface area contributed by atoms with Gasteiger partial charge in [-0.2, -0.15) is 18.2 Å². The topological polar surface area (TPSA) is 80.2 Å². The molecule has 1 fully saturated rings. The van der Waals surface area contributed by atoms with Crippen LogP contribution >= 0.6 is 0 Å². The van der Waals surface area contributed by atoms with Crippen LogP contribution in [0.5, 0.6) is 5.88 Å². The van der Waals surface area contributed by atoms with Gasteiger partial charge in [0.2, 0.25) is 5.88 Å². The summed E-state index contributed by atoms with van der Waals surface area (Å²) >= 11 is 0. The molecule has 10 heteroatoms. The highest BCUT2D eigenvalue weighted by atomic mass is 19.4. The lowest BCUT2D eigenvalue weighted by atomic mass is 9.89. The quantitative estimate of drug-likeness (QED) is 0.501. The Morgan fingerprint density at radius 3 is 2.69 bits per heavy atom. The summed E-state index contributed by atoms with van der Waals surface area (Å²) in [5.41, 5.74) is 1.23. The van der Waals surface area contributed by atoms with Crippen LogP contribution in [0, 0.1) is 12.8 Å². The highest BCUT2D eigenvalue weighted by Crippen LogP contribution is 2.31. The van der Waals surface area contributed by atoms with Gasteiger partial charge in [-0.05, 0) is 43.9 Å². The first-order valence-corrected chi connectivity index (χ1v) is 11.7. The molecule has 0 radical (unpaired) electrons. The van der Waals surface area contributed by atoms with Crippen molar-refractivity contribution in [2.24, 2.45) is 5.92 Å². The number of aryl methyl sites for hydroxylation is 1. The number of piperidine rings is 1. The highest BCUT2D eigenvalue weighted by Gasteiger charge is 2.34. The number of hydrogen-bond acceptors (Lipinski definition) is 6. The third-order valence-electron chi connectivity index (χ3n) is 6.45. The standard InChI is InChI=1S/C26H28F3N5O2/c1-16-6-8-19(24-30-11-10-23(33-24)36-3)20(13-16)25(35)34-12-4-5-17(2)21(34)15-32-22-9-7-18(14-31-22)26(27,28)29/h6-11,13-14,17,21H,4-5,12,15H2,1-3H3,(H,31,32)/t17-,21?/m1/s1. The van der Waals surface area contributed by atoms with Gasteiger partial charge in [0.1, 0.15) is 5.82 Å². The van der Waals surface area contributed by atoms with Gasteiger partial charge in [0.05, 0.1) is 24.3 Å². The Labute approximate surface area is 207 Å². The zero-order chi connectivity index (χ0) is 25.9. The Morgan fingerprint density at radius 1 is 1.19 bits per heavy atom. The lowest BCUT2D eigenvalue weighted by Gasteiger charge is -2.40. The molecule has 1 saturated heterocycles. The van der Waals surface area contributed by atoms with Crippen molar-refractivity contribution in [3.8, 4) is 17.3 Å². The average molecular weight is 500 g/mol. The lowest BCUT2D eigenvalue weighted by Crippen LogP contribution is -2.51. The minimum absolute atomic E-state index is 0.140. The Morgan fingerprint density at radius 2 is 2.00 bits per heavy atom. The average Bonchev–Trinajstić information content (AvgIpc) is 2.87. The predicted octanol–water partition coefficient (Wildman–Crippen LogP) is 5.23. The first-order chi connectivity index (χ1) is 17.2. The van der Waals surface area contributed by atoms with Gasteiger partial charge >= 0.3 is 6.18 Å². The second kappa shape index (κ2) is 10.5. The molecule has 2 atom stereocenters. The van der Waals surface area contributed by atoms with E-state index in [9.17, 15) is 18.0 Å². The van der Waals surface area contributed by atoms with Crippen LogP contribution in [0.3, 0.4) is 0 Å². The molecule has 0 spiro atoms. The number of nitrogens with one attached hydrogen (secondary N) is 1. The normalized spacial score (nSPS) is 18.1. The van der Waals surface area contributed by atoms with Gasteiger partial charge in [-0.3, -0.25) is 4.79 Å². The second-order valence-corrected chi connectivity index (χ2v) is 8.97. The summed E-state index contributed by atoms with van der Waals surface area (Å²) in [6.07, 6.45) is -0.246. The fourth-order valence-corrected chi connectivity index (χ4v) is 4.46. The first-order valence-electron chi connectivity index (χ1n) is 11.7. The number of halogens is 3. The molecule has 1 aliphatic rings. The van der Waals surface area contributed by atoms with E-state index in [4.69, 9.17) is 4.74 Å². The molecule has 190 valence electrons. The van der Waals surface area contributed by atoms with E-state index in [0.29, 0.717) is 41.7 Å². The number of amides is 1. The third kappa shape index (κ3) is 5.58. The maximum absolute atomic E-state index is 13.9. The fourth-order valence-electron chi connectivity index (χ4n) is 4.46. The van der Waals surface area contributed by atoms with Crippen molar-refractivity contribution in [3.05, 3.63) is 65.5 Å². The summed E-state index contributed by atoms with van der Waals surface area (Å²) in [6.45, 7) is 4.93. The molecule has 1 amide bonds. The molecule has 2 aromatic heterocycles. The molecule has 1 aromatic carbocycles. The lowest BCUT2D eigenvalue weighted by molar-refractivity contribution is -0.137. The summed E-state index contributed by atoms with van der Waals surface area (Å²) in [5, 5.41) is 3.12. The minimum Gasteiger partial charge on any atom is -0.481 e. The number of hydrogen-bond donors (Lipinski definition) is 1. The number of likely N-dealkylation sites (tertiary alicyclic amines) is 1. The van der Waals surface area contributed by atoms with E-state index in [1.165, 1.54) is 13.2 Å². The van der Waals surface area contributed by atoms with E-state index in [1.54, 1.807) is 12.3 Å². The zero-order valence-corrected chi connectivity index (χ0v) is 20.3. The van der Waals surface area contributed by atoms with Crippen LogP contribution in [0.2, 0.25) is 0 Å². The van der Waals surface area contributed by atoms with Crippen molar-refractivity contribution in [3.63, 3.8) is 0 Å². The molecule has 7 nitrogen and oxygen atoms in total. The number of rotatable bonds is 6. The highest BCUT2D eigenvalue weighted by molar-refractivity contribution is 6.00. The van der Waals surface area contributed by atoms with Crippen LogP contribution in [-0.4, -0.2) is 52.0 Å². The number of benzene rings is 1. The molecule has 4 rings (SSSR count). The Balaban J connectivity index is 1.59. The Hall–Kier alpha value is -3.69. The number of alkyl halides is 3. The van der Waals surface area contributed by atoms with Crippen LogP contribution in [0.4, 0.5) is 19.0 Å². The van der Waals surface area contributed by atoms with Gasteiger partial charge in [-0.1, -0.05) is 24.6 Å². The number of carbonyl (C=O) groups excluding carboxylic acids is 1. The van der Waals surface area contributed by atoms with Gasteiger partial charge in [0, 0.05) is 37.1 Å². The van der Waals surface area contributed by atoms with Gasteiger partial charge < -0.3 is 15.0 Å². The number of pyridine rings is 1. The summed E-state index contributed by atoms with van der Waals surface area (Å²) in [4.78, 5) is 28.4. The molecule has 0 aliphatic carbocycles. The summed E-state index contributed by atoms with van der Waals surface area (Å²) in [6, 6.07) is 9.35.